The summed E-state index contributed by atoms with van der Waals surface area (Å²) in [5.41, 5.74) is 5.32. The Hall–Kier alpha value is -4.39. The fourth-order valence-electron chi connectivity index (χ4n) is 4.31. The summed E-state index contributed by atoms with van der Waals surface area (Å²) in [6.07, 6.45) is 32.2. The number of aliphatic hydroxyl groups excluding tert-OH is 1. The molecule has 0 aromatic carbocycles. The van der Waals surface area contributed by atoms with Gasteiger partial charge in [0, 0.05) is 23.2 Å². The number of allylic oxidation sites excluding steroid dienone is 18. The molecule has 0 bridgehead atoms. The number of rotatable bonds is 20. The van der Waals surface area contributed by atoms with Crippen LogP contribution in [0.3, 0.4) is 0 Å². The second-order valence-corrected chi connectivity index (χ2v) is 11.2. The summed E-state index contributed by atoms with van der Waals surface area (Å²) in [6.45, 7) is 12.1. The average Bonchev–Trinajstić information content (AvgIpc) is 3.42. The Balaban J connectivity index is 2.19. The third-order valence-corrected chi connectivity index (χ3v) is 7.90. The van der Waals surface area contributed by atoms with Gasteiger partial charge in [-0.15, -0.1) is 0 Å². The van der Waals surface area contributed by atoms with Gasteiger partial charge in [0.1, 0.15) is 12.4 Å². The van der Waals surface area contributed by atoms with Gasteiger partial charge >= 0.3 is 0 Å². The summed E-state index contributed by atoms with van der Waals surface area (Å²) in [5, 5.41) is 21.4. The Morgan fingerprint density at radius 3 is 2.42 bits per heavy atom. The number of ether oxygens (including phenoxy) is 4. The summed E-state index contributed by atoms with van der Waals surface area (Å²) in [7, 11) is 3.25. The first kappa shape index (κ1) is 39.8. The fraction of sp³-hybridized carbons (Fsp3) is 0.275. The van der Waals surface area contributed by atoms with Crippen LogP contribution >= 0.6 is 15.9 Å². The monoisotopic (exact) mass is 714 g/mol. The number of hydrogen-bond acceptors (Lipinski definition) is 7. The van der Waals surface area contributed by atoms with Crippen molar-refractivity contribution in [2.75, 3.05) is 53.7 Å². The summed E-state index contributed by atoms with van der Waals surface area (Å²) in [4.78, 5) is 0. The molecule has 2 aliphatic carbocycles. The molecule has 0 atom stereocenters. The minimum Gasteiger partial charge on any atom is -0.493 e. The van der Waals surface area contributed by atoms with Crippen LogP contribution in [0.25, 0.3) is 0 Å². The lowest BCUT2D eigenvalue weighted by Crippen LogP contribution is -2.16. The van der Waals surface area contributed by atoms with Crippen molar-refractivity contribution in [3.63, 3.8) is 0 Å². The second kappa shape index (κ2) is 23.9. The van der Waals surface area contributed by atoms with Gasteiger partial charge in [0.25, 0.3) is 0 Å². The predicted molar refractivity (Wildman–Crippen MR) is 200 cm³/mol. The Kier molecular flexibility index (Phi) is 19.8. The SMILES string of the molecule is C=C\C=C/C=C(\C=C\C(=C)C#N)COC(=C/COCCC1=C(Br)C(=C2C=CC(OC)=C(OC)C=C2)C=CC=C1)/C(C)=C\CNCCCO. The molecule has 0 saturated heterocycles. The number of nitrogens with one attached hydrogen (secondary N) is 1. The van der Waals surface area contributed by atoms with E-state index in [0.717, 1.165) is 38.9 Å². The molecule has 2 N–H and O–H groups in total. The van der Waals surface area contributed by atoms with Gasteiger partial charge in [-0.05, 0) is 94.4 Å². The molecule has 0 spiro atoms. The Morgan fingerprint density at radius 1 is 1.02 bits per heavy atom. The molecule has 0 aliphatic heterocycles. The normalized spacial score (nSPS) is 15.8. The molecule has 0 aromatic rings. The van der Waals surface area contributed by atoms with Crippen molar-refractivity contribution in [3.05, 3.63) is 166 Å². The van der Waals surface area contributed by atoms with Crippen molar-refractivity contribution in [1.29, 1.82) is 5.26 Å². The number of hydrogen-bond donors (Lipinski definition) is 2. The zero-order valence-corrected chi connectivity index (χ0v) is 29.8. The third kappa shape index (κ3) is 14.6. The van der Waals surface area contributed by atoms with E-state index in [4.69, 9.17) is 29.3 Å². The Morgan fingerprint density at radius 2 is 1.75 bits per heavy atom. The first-order valence-electron chi connectivity index (χ1n) is 15.7. The molecule has 254 valence electrons. The Bertz CT molecular complexity index is 1510. The number of halogens is 1. The van der Waals surface area contributed by atoms with Gasteiger partial charge < -0.3 is 29.4 Å². The van der Waals surface area contributed by atoms with Crippen LogP contribution in [0.2, 0.25) is 0 Å². The van der Waals surface area contributed by atoms with Gasteiger partial charge in [-0.25, -0.2) is 0 Å². The summed E-state index contributed by atoms with van der Waals surface area (Å²) >= 11 is 3.85. The van der Waals surface area contributed by atoms with E-state index in [0.29, 0.717) is 55.5 Å². The molecule has 0 heterocycles. The molecule has 7 nitrogen and oxygen atoms in total. The molecular weight excluding hydrogens is 668 g/mol. The van der Waals surface area contributed by atoms with E-state index in [1.54, 1.807) is 26.4 Å². The van der Waals surface area contributed by atoms with E-state index in [1.165, 1.54) is 0 Å². The van der Waals surface area contributed by atoms with Crippen molar-refractivity contribution in [2.24, 2.45) is 0 Å². The van der Waals surface area contributed by atoms with E-state index in [2.05, 4.69) is 52.6 Å². The maximum atomic E-state index is 9.10. The topological polar surface area (TPSA) is 93.0 Å². The zero-order valence-electron chi connectivity index (χ0n) is 28.2. The van der Waals surface area contributed by atoms with Crippen molar-refractivity contribution < 1.29 is 24.1 Å². The Labute approximate surface area is 294 Å². The van der Waals surface area contributed by atoms with Gasteiger partial charge in [-0.3, -0.25) is 0 Å². The van der Waals surface area contributed by atoms with Crippen molar-refractivity contribution in [3.8, 4) is 6.07 Å². The van der Waals surface area contributed by atoms with Crippen LogP contribution in [0, 0.1) is 11.3 Å². The van der Waals surface area contributed by atoms with Crippen LogP contribution in [-0.4, -0.2) is 58.8 Å². The quantitative estimate of drug-likeness (QED) is 0.0568. The second-order valence-electron chi connectivity index (χ2n) is 10.4. The van der Waals surface area contributed by atoms with Crippen LogP contribution in [-0.2, 0) is 18.9 Å². The zero-order chi connectivity index (χ0) is 35.0. The molecule has 0 amide bonds. The minimum absolute atomic E-state index is 0.150. The molecule has 8 heteroatoms. The minimum atomic E-state index is 0.150. The molecule has 2 aliphatic rings. The van der Waals surface area contributed by atoms with Crippen molar-refractivity contribution >= 4 is 15.9 Å². The third-order valence-electron chi connectivity index (χ3n) is 6.96. The van der Waals surface area contributed by atoms with Crippen LogP contribution in [0.1, 0.15) is 19.8 Å². The van der Waals surface area contributed by atoms with Crippen LogP contribution in [0.5, 0.6) is 0 Å². The van der Waals surface area contributed by atoms with Gasteiger partial charge in [-0.2, -0.15) is 5.26 Å². The largest absolute Gasteiger partial charge is 0.493 e. The molecule has 48 heavy (non-hydrogen) atoms. The van der Waals surface area contributed by atoms with Gasteiger partial charge in [0.15, 0.2) is 11.5 Å². The maximum absolute atomic E-state index is 9.10. The lowest BCUT2D eigenvalue weighted by Gasteiger charge is -2.13. The highest BCUT2D eigenvalue weighted by Gasteiger charge is 2.13. The van der Waals surface area contributed by atoms with E-state index < -0.39 is 0 Å². The van der Waals surface area contributed by atoms with E-state index >= 15 is 0 Å². The van der Waals surface area contributed by atoms with Crippen LogP contribution < -0.4 is 5.32 Å². The predicted octanol–water partition coefficient (Wildman–Crippen LogP) is 8.22. The summed E-state index contributed by atoms with van der Waals surface area (Å²) < 4.78 is 24.3. The maximum Gasteiger partial charge on any atom is 0.160 e. The molecule has 0 radical (unpaired) electrons. The van der Waals surface area contributed by atoms with Gasteiger partial charge in [0.05, 0.1) is 33.5 Å². The van der Waals surface area contributed by atoms with Gasteiger partial charge in [0.2, 0.25) is 0 Å². The molecule has 0 saturated carbocycles. The highest BCUT2D eigenvalue weighted by atomic mass is 79.9. The fourth-order valence-corrected chi connectivity index (χ4v) is 5.00. The molecule has 0 fully saturated rings. The smallest absolute Gasteiger partial charge is 0.160 e. The first-order chi connectivity index (χ1) is 23.4. The molecule has 0 unspecified atom stereocenters. The lowest BCUT2D eigenvalue weighted by atomic mass is 10.0. The molecule has 0 aromatic heterocycles. The number of aliphatic hydroxyl groups is 1. The van der Waals surface area contributed by atoms with E-state index in [1.807, 2.05) is 79.8 Å². The van der Waals surface area contributed by atoms with E-state index in [-0.39, 0.29) is 13.2 Å². The van der Waals surface area contributed by atoms with Crippen LogP contribution in [0.15, 0.2) is 166 Å². The molecular formula is C40H47BrN2O5. The van der Waals surface area contributed by atoms with E-state index in [9.17, 15) is 0 Å². The van der Waals surface area contributed by atoms with Crippen molar-refractivity contribution in [2.45, 2.75) is 19.8 Å². The number of methoxy groups -OCH3 is 2. The summed E-state index contributed by atoms with van der Waals surface area (Å²) in [6, 6.07) is 2.03. The highest BCUT2D eigenvalue weighted by Crippen LogP contribution is 2.32. The first-order valence-corrected chi connectivity index (χ1v) is 16.5. The van der Waals surface area contributed by atoms with Gasteiger partial charge in [-0.1, -0.05) is 86.1 Å². The number of nitrogens with zero attached hydrogens (tertiary/aromatic N) is 1. The highest BCUT2D eigenvalue weighted by molar-refractivity contribution is 9.12. The lowest BCUT2D eigenvalue weighted by molar-refractivity contribution is 0.160. The molecule has 2 rings (SSSR count). The summed E-state index contributed by atoms with van der Waals surface area (Å²) in [5.74, 6) is 2.01. The number of nitriles is 1. The standard InChI is InChI=1S/C40H47BrN2O5/c1-6-7-8-12-33(16-15-31(2)29-42)30-48-37(32(3)21-25-43-24-11-26-44)23-28-47-27-22-35-13-9-10-14-36(40(35)41)34-17-19-38(45-4)39(46-5)20-18-34/h6-10,12-21,23,43-44H,1-2,11,22,24-28,30H2,3-5H3/b8-7-,16-15+,32-21-,33-12+,37-23+. The van der Waals surface area contributed by atoms with Crippen LogP contribution in [0.4, 0.5) is 0 Å². The average molecular weight is 716 g/mol. The van der Waals surface area contributed by atoms with Crippen molar-refractivity contribution in [1.82, 2.24) is 5.32 Å².